The molecule has 2 saturated heterocycles. The van der Waals surface area contributed by atoms with Crippen molar-refractivity contribution in [3.8, 4) is 0 Å². The summed E-state index contributed by atoms with van der Waals surface area (Å²) in [6, 6.07) is 29.7. The van der Waals surface area contributed by atoms with E-state index in [0.29, 0.717) is 92.8 Å². The van der Waals surface area contributed by atoms with Gasteiger partial charge in [-0.15, -0.1) is 0 Å². The quantitative estimate of drug-likeness (QED) is 0.0186. The lowest BCUT2D eigenvalue weighted by Gasteiger charge is -2.36. The lowest BCUT2D eigenvalue weighted by atomic mass is 9.99. The third-order valence-electron chi connectivity index (χ3n) is 20.4. The summed E-state index contributed by atoms with van der Waals surface area (Å²) in [5, 5.41) is 101. The number of rotatable bonds is 32. The zero-order valence-corrected chi connectivity index (χ0v) is 76.7. The highest BCUT2D eigenvalue weighted by Crippen LogP contribution is 2.34. The van der Waals surface area contributed by atoms with Crippen molar-refractivity contribution < 1.29 is 30.6 Å². The first-order valence-corrected chi connectivity index (χ1v) is 44.9. The van der Waals surface area contributed by atoms with Crippen molar-refractivity contribution in [1.82, 2.24) is 97.9 Å². The van der Waals surface area contributed by atoms with E-state index >= 15 is 0 Å². The Hall–Kier alpha value is -11.0. The van der Waals surface area contributed by atoms with Gasteiger partial charge in [-0.2, -0.15) is 48.1 Å². The summed E-state index contributed by atoms with van der Waals surface area (Å²) in [5.41, 5.74) is 9.01. The second-order valence-electron chi connectivity index (χ2n) is 29.4. The molecule has 2 aliphatic heterocycles. The summed E-state index contributed by atoms with van der Waals surface area (Å²) < 4.78 is 12.9. The maximum absolute atomic E-state index is 9.75. The van der Waals surface area contributed by atoms with Gasteiger partial charge in [0.2, 0.25) is 0 Å². The van der Waals surface area contributed by atoms with Crippen molar-refractivity contribution in [2.24, 2.45) is 5.92 Å². The first-order chi connectivity index (χ1) is 61.1. The van der Waals surface area contributed by atoms with Crippen LogP contribution in [0.2, 0.25) is 0 Å². The van der Waals surface area contributed by atoms with Crippen molar-refractivity contribution >= 4 is 166 Å². The lowest BCUT2D eigenvalue weighted by molar-refractivity contribution is 0.239. The predicted molar refractivity (Wildman–Crippen MR) is 501 cm³/mol. The maximum Gasteiger partial charge on any atom is 0.173 e. The normalized spacial score (nSPS) is 14.0. The van der Waals surface area contributed by atoms with Crippen molar-refractivity contribution in [2.75, 3.05) is 124 Å². The van der Waals surface area contributed by atoms with Crippen LogP contribution in [0.4, 0.5) is 58.2 Å². The minimum atomic E-state index is -0.0668. The Morgan fingerprint density at radius 1 is 0.392 bits per heavy atom. The molecule has 0 bridgehead atoms. The summed E-state index contributed by atoms with van der Waals surface area (Å²) in [4.78, 5) is 50.3. The fraction of sp³-hybridized carbons (Fsp3) is 0.345. The number of pyridine rings is 5. The molecular formula is C84H99Br5N30O6. The van der Waals surface area contributed by atoms with Gasteiger partial charge in [0.25, 0.3) is 0 Å². The van der Waals surface area contributed by atoms with E-state index in [9.17, 15) is 25.5 Å². The standard InChI is InChI=1S/C19H23BrN6O.C18H21BrN6O.C17H21BrN6O.C16H19BrN6O2.C14H15BrN6O/c20-16-13-23-26-17(22-12-14-4-3-7-21-11-14)10-18(24-19(16)26)25-8-2-1-5-15(25)6-9-27;19-15-11-22-25-16(21-10-13-4-3-6-20-9-13)8-17(23-18(15)25)24-7-2-1-5-14(24)12-26;1-11(2)14(10-25)22-15-6-16(20-8-12-4-3-5-19-7-12)24-17(23-15)13(18)9-21-24;17-13-11-20-23-14(19-10-12-2-1-3-18-9-12)8-15(21-16(13)23)22(4-6-24)5-7-25;15-11-9-19-21-13(18-8-10-2-1-3-16-7-10)6-12(17-4-5-22)20-14(11)21/h3-4,7,10-11,13,15,22,27H,1-2,5-6,8-9,12H2;3-4,6,8-9,11,14,21,26H,1-2,5,7,10,12H2;3-7,9,11,14,20,25H,8,10H2,1-2H3,(H,22,23);1-3,8-9,11,19,24-25H,4-7,10H2;1-3,6-7,9,18,22H,4-5,8H2,(H,17,20)/t;;14-;;/m..0../s1. The Morgan fingerprint density at radius 3 is 1.10 bits per heavy atom. The lowest BCUT2D eigenvalue weighted by Crippen LogP contribution is -2.42. The smallest absolute Gasteiger partial charge is 0.173 e. The molecule has 2 unspecified atom stereocenters. The molecule has 0 saturated carbocycles. The van der Waals surface area contributed by atoms with Gasteiger partial charge in [0, 0.05) is 170 Å². The molecule has 0 radical (unpaired) electrons. The van der Waals surface area contributed by atoms with E-state index in [1.165, 1.54) is 6.42 Å². The molecule has 3 atom stereocenters. The molecule has 13 N–H and O–H groups in total. The number of fused-ring (bicyclic) bond motifs is 5. The van der Waals surface area contributed by atoms with Gasteiger partial charge in [-0.1, -0.05) is 44.2 Å². The molecule has 0 aromatic carbocycles. The number of nitrogens with one attached hydrogen (secondary N) is 7. The van der Waals surface area contributed by atoms with Crippen LogP contribution in [0.25, 0.3) is 28.2 Å². The third kappa shape index (κ3) is 24.6. The summed E-state index contributed by atoms with van der Waals surface area (Å²) in [7, 11) is 0. The topological polar surface area (TPSA) is 431 Å². The highest BCUT2D eigenvalue weighted by molar-refractivity contribution is 9.11. The molecule has 17 rings (SSSR count). The Bertz CT molecular complexity index is 5850. The molecule has 656 valence electrons. The number of halogens is 5. The second-order valence-corrected chi connectivity index (χ2v) is 33.7. The largest absolute Gasteiger partial charge is 0.396 e. The highest BCUT2D eigenvalue weighted by atomic mass is 79.9. The monoisotopic (exact) mass is 2020 g/mol. The summed E-state index contributed by atoms with van der Waals surface area (Å²) in [5.74, 6) is 8.22. The van der Waals surface area contributed by atoms with E-state index in [4.69, 9.17) is 15.1 Å². The molecule has 36 nitrogen and oxygen atoms in total. The Kier molecular flexibility index (Phi) is 34.0. The van der Waals surface area contributed by atoms with Gasteiger partial charge < -0.3 is 82.6 Å². The van der Waals surface area contributed by atoms with Crippen LogP contribution in [-0.4, -0.2) is 219 Å². The van der Waals surface area contributed by atoms with Gasteiger partial charge >= 0.3 is 0 Å². The molecule has 2 fully saturated rings. The Balaban J connectivity index is 0.000000134. The Labute approximate surface area is 762 Å². The van der Waals surface area contributed by atoms with Crippen LogP contribution in [0.3, 0.4) is 0 Å². The van der Waals surface area contributed by atoms with Gasteiger partial charge in [0.05, 0.1) is 98.5 Å². The van der Waals surface area contributed by atoms with Gasteiger partial charge in [0.15, 0.2) is 28.2 Å². The maximum atomic E-state index is 9.75. The predicted octanol–water partition coefficient (Wildman–Crippen LogP) is 12.2. The molecule has 0 amide bonds. The Morgan fingerprint density at radius 2 is 0.744 bits per heavy atom. The molecule has 41 heteroatoms. The number of nitrogens with zero attached hydrogens (tertiary/aromatic N) is 23. The molecule has 17 heterocycles. The fourth-order valence-electron chi connectivity index (χ4n) is 14.0. The molecule has 15 aromatic rings. The van der Waals surface area contributed by atoms with Crippen LogP contribution in [-0.2, 0) is 32.7 Å². The minimum Gasteiger partial charge on any atom is -0.396 e. The van der Waals surface area contributed by atoms with E-state index < -0.39 is 0 Å². The average molecular weight is 2020 g/mol. The van der Waals surface area contributed by atoms with Gasteiger partial charge in [-0.05, 0) is 189 Å². The van der Waals surface area contributed by atoms with Crippen LogP contribution in [0.5, 0.6) is 0 Å². The molecule has 15 aromatic heterocycles. The zero-order chi connectivity index (χ0) is 87.4. The van der Waals surface area contributed by atoms with Crippen molar-refractivity contribution in [1.29, 1.82) is 0 Å². The summed E-state index contributed by atoms with van der Waals surface area (Å²) in [6.07, 6.45) is 34.0. The van der Waals surface area contributed by atoms with Crippen molar-refractivity contribution in [2.45, 2.75) is 110 Å². The fourth-order valence-corrected chi connectivity index (χ4v) is 15.7. The SMILES string of the molecule is CC(C)[C@H](CO)Nc1cc(NCc2cccnc2)n2ncc(Br)c2n1.OCC1CCCCN1c1cc(NCc2cccnc2)n2ncc(Br)c2n1.OCCC1CCCCN1c1cc(NCc2cccnc2)n2ncc(Br)c2n1.OCCN(CCO)c1cc(NCc2cccnc2)n2ncc(Br)c2n1.OCCNc1cc(NCc2cccnc2)n2ncc(Br)c2n1. The van der Waals surface area contributed by atoms with Crippen LogP contribution in [0, 0.1) is 5.92 Å². The van der Waals surface area contributed by atoms with E-state index in [1.807, 2.05) is 119 Å². The second kappa shape index (κ2) is 46.3. The minimum absolute atomic E-state index is 0.0221. The van der Waals surface area contributed by atoms with Gasteiger partial charge in [-0.25, -0.2) is 24.9 Å². The number of piperidine rings is 2. The van der Waals surface area contributed by atoms with E-state index in [2.05, 4.69) is 212 Å². The van der Waals surface area contributed by atoms with E-state index in [0.717, 1.165) is 154 Å². The average Bonchev–Trinajstić information content (AvgIpc) is 1.65. The van der Waals surface area contributed by atoms with Crippen molar-refractivity contribution in [3.63, 3.8) is 0 Å². The molecule has 125 heavy (non-hydrogen) atoms. The van der Waals surface area contributed by atoms with E-state index in [-0.39, 0.29) is 57.6 Å². The molecule has 0 aliphatic carbocycles. The number of anilines is 10. The first kappa shape index (κ1) is 91.7. The number of aromatic nitrogens is 20. The molecular weight excluding hydrogens is 1920 g/mol. The molecule has 2 aliphatic rings. The number of hydrogen-bond acceptors (Lipinski definition) is 31. The van der Waals surface area contributed by atoms with Gasteiger partial charge in [0.1, 0.15) is 58.2 Å². The number of hydrogen-bond donors (Lipinski definition) is 13. The van der Waals surface area contributed by atoms with Crippen LogP contribution in [0.1, 0.15) is 86.6 Å². The summed E-state index contributed by atoms with van der Waals surface area (Å²) in [6.45, 7) is 10.7. The number of aliphatic hydroxyl groups is 6. The summed E-state index contributed by atoms with van der Waals surface area (Å²) >= 11 is 17.5. The number of aliphatic hydroxyl groups excluding tert-OH is 6. The third-order valence-corrected chi connectivity index (χ3v) is 23.2. The highest BCUT2D eigenvalue weighted by Gasteiger charge is 2.28. The van der Waals surface area contributed by atoms with E-state index in [1.54, 1.807) is 86.2 Å². The van der Waals surface area contributed by atoms with Crippen LogP contribution >= 0.6 is 79.6 Å². The molecule has 0 spiro atoms. The van der Waals surface area contributed by atoms with Crippen LogP contribution < -0.4 is 51.9 Å². The zero-order valence-electron chi connectivity index (χ0n) is 68.8. The van der Waals surface area contributed by atoms with Gasteiger partial charge in [-0.3, -0.25) is 24.9 Å². The first-order valence-electron chi connectivity index (χ1n) is 40.9. The van der Waals surface area contributed by atoms with Crippen molar-refractivity contribution in [3.05, 3.63) is 234 Å². The van der Waals surface area contributed by atoms with Crippen LogP contribution in [0.15, 0.2) is 206 Å².